The van der Waals surface area contributed by atoms with Crippen molar-refractivity contribution in [1.82, 2.24) is 14.4 Å². The Hall–Kier alpha value is -3.04. The van der Waals surface area contributed by atoms with Crippen LogP contribution in [0.25, 0.3) is 21.2 Å². The van der Waals surface area contributed by atoms with Gasteiger partial charge in [-0.05, 0) is 51.5 Å². The van der Waals surface area contributed by atoms with E-state index in [1.54, 1.807) is 42.1 Å². The van der Waals surface area contributed by atoms with Crippen molar-refractivity contribution in [3.8, 4) is 22.6 Å². The second-order valence-electron chi connectivity index (χ2n) is 10.2. The quantitative estimate of drug-likeness (QED) is 0.491. The fourth-order valence-electron chi connectivity index (χ4n) is 4.58. The highest BCUT2D eigenvalue weighted by Crippen LogP contribution is 2.38. The number of piperazine rings is 1. The van der Waals surface area contributed by atoms with E-state index in [2.05, 4.69) is 4.90 Å². The summed E-state index contributed by atoms with van der Waals surface area (Å²) < 4.78 is 19.0. The standard InChI is InChI=1S/C27H35N3O5S/c1-17-14-29(10-11-30(17)26(32)35-27(2,3)4)15-19-13-20-24(36-19)21(16-28(5)25(20)31)18-8-9-22(33-6)23(12-18)34-7/h8-9,12-13,16-17H,10-11,14-15H2,1-7H3. The number of nitrogens with zero attached hydrogens (tertiary/aromatic N) is 3. The molecule has 4 rings (SSSR count). The number of ether oxygens (including phenoxy) is 3. The average Bonchev–Trinajstić information content (AvgIpc) is 3.23. The molecule has 0 spiro atoms. The first-order chi connectivity index (χ1) is 17.0. The van der Waals surface area contributed by atoms with Gasteiger partial charge in [-0.3, -0.25) is 9.69 Å². The molecule has 1 saturated heterocycles. The van der Waals surface area contributed by atoms with Gasteiger partial charge in [-0.15, -0.1) is 11.3 Å². The number of pyridine rings is 1. The molecule has 1 unspecified atom stereocenters. The molecule has 9 heteroatoms. The maximum Gasteiger partial charge on any atom is 0.410 e. The van der Waals surface area contributed by atoms with Gasteiger partial charge in [-0.2, -0.15) is 0 Å². The van der Waals surface area contributed by atoms with Crippen LogP contribution in [-0.4, -0.2) is 66.0 Å². The monoisotopic (exact) mass is 513 g/mol. The molecule has 0 bridgehead atoms. The topological polar surface area (TPSA) is 73.2 Å². The molecule has 3 aromatic rings. The molecule has 1 aromatic carbocycles. The van der Waals surface area contributed by atoms with Gasteiger partial charge in [-0.25, -0.2) is 4.79 Å². The largest absolute Gasteiger partial charge is 0.493 e. The zero-order valence-corrected chi connectivity index (χ0v) is 22.9. The smallest absolute Gasteiger partial charge is 0.410 e. The normalized spacial score (nSPS) is 16.9. The lowest BCUT2D eigenvalue weighted by Gasteiger charge is -2.40. The van der Waals surface area contributed by atoms with Crippen molar-refractivity contribution in [3.63, 3.8) is 0 Å². The Morgan fingerprint density at radius 2 is 1.83 bits per heavy atom. The molecule has 8 nitrogen and oxygen atoms in total. The van der Waals surface area contributed by atoms with Crippen LogP contribution in [0.15, 0.2) is 35.3 Å². The SMILES string of the molecule is COc1ccc(-c2cn(C)c(=O)c3cc(CN4CCN(C(=O)OC(C)(C)C)C(C)C4)sc23)cc1OC. The zero-order valence-electron chi connectivity index (χ0n) is 22.1. The fourth-order valence-corrected chi connectivity index (χ4v) is 5.80. The summed E-state index contributed by atoms with van der Waals surface area (Å²) in [6.07, 6.45) is 1.62. The first-order valence-corrected chi connectivity index (χ1v) is 12.9. The highest BCUT2D eigenvalue weighted by molar-refractivity contribution is 7.19. The summed E-state index contributed by atoms with van der Waals surface area (Å²) in [7, 11) is 5.01. The second-order valence-corrected chi connectivity index (χ2v) is 11.4. The zero-order chi connectivity index (χ0) is 26.2. The number of benzene rings is 1. The Balaban J connectivity index is 1.59. The number of carbonyl (C=O) groups is 1. The predicted molar refractivity (Wildman–Crippen MR) is 143 cm³/mol. The van der Waals surface area contributed by atoms with Crippen LogP contribution >= 0.6 is 11.3 Å². The minimum atomic E-state index is -0.511. The van der Waals surface area contributed by atoms with E-state index in [4.69, 9.17) is 14.2 Å². The number of hydrogen-bond donors (Lipinski definition) is 0. The third-order valence-corrected chi connectivity index (χ3v) is 7.47. The lowest BCUT2D eigenvalue weighted by molar-refractivity contribution is 0.000668. The van der Waals surface area contributed by atoms with E-state index in [-0.39, 0.29) is 17.7 Å². The molecule has 0 aliphatic carbocycles. The maximum absolute atomic E-state index is 13.0. The second kappa shape index (κ2) is 10.1. The molecule has 2 aromatic heterocycles. The molecule has 0 radical (unpaired) electrons. The van der Waals surface area contributed by atoms with Gasteiger partial charge < -0.3 is 23.7 Å². The number of amides is 1. The van der Waals surface area contributed by atoms with Crippen molar-refractivity contribution in [2.75, 3.05) is 33.9 Å². The van der Waals surface area contributed by atoms with E-state index < -0.39 is 5.60 Å². The minimum absolute atomic E-state index is 0.0140. The van der Waals surface area contributed by atoms with Crippen LogP contribution in [0.4, 0.5) is 4.79 Å². The van der Waals surface area contributed by atoms with Crippen LogP contribution in [-0.2, 0) is 18.3 Å². The molecule has 1 atom stereocenters. The van der Waals surface area contributed by atoms with Crippen LogP contribution in [0.2, 0.25) is 0 Å². The summed E-state index contributed by atoms with van der Waals surface area (Å²) in [6.45, 7) is 10.5. The molecule has 3 heterocycles. The van der Waals surface area contributed by atoms with Crippen molar-refractivity contribution in [2.24, 2.45) is 7.05 Å². The van der Waals surface area contributed by atoms with Gasteiger partial charge in [0.2, 0.25) is 0 Å². The van der Waals surface area contributed by atoms with Crippen molar-refractivity contribution < 1.29 is 19.0 Å². The Morgan fingerprint density at radius 1 is 1.11 bits per heavy atom. The summed E-state index contributed by atoms with van der Waals surface area (Å²) in [6, 6.07) is 7.85. The maximum atomic E-state index is 13.0. The number of fused-ring (bicyclic) bond motifs is 1. The Bertz CT molecular complexity index is 1320. The highest BCUT2D eigenvalue weighted by atomic mass is 32.1. The summed E-state index contributed by atoms with van der Waals surface area (Å²) in [5.41, 5.74) is 1.41. The van der Waals surface area contributed by atoms with Crippen LogP contribution < -0.4 is 15.0 Å². The lowest BCUT2D eigenvalue weighted by atomic mass is 10.1. The Labute approximate surface area is 216 Å². The number of hydrogen-bond acceptors (Lipinski definition) is 7. The molecule has 1 aliphatic heterocycles. The van der Waals surface area contributed by atoms with Gasteiger partial charge in [0.05, 0.1) is 19.6 Å². The van der Waals surface area contributed by atoms with Crippen LogP contribution in [0.1, 0.15) is 32.6 Å². The van der Waals surface area contributed by atoms with Crippen molar-refractivity contribution >= 4 is 27.5 Å². The highest BCUT2D eigenvalue weighted by Gasteiger charge is 2.31. The number of carbonyl (C=O) groups excluding carboxylic acids is 1. The summed E-state index contributed by atoms with van der Waals surface area (Å²) in [5.74, 6) is 1.31. The molecular formula is C27H35N3O5S. The minimum Gasteiger partial charge on any atom is -0.493 e. The van der Waals surface area contributed by atoms with Crippen molar-refractivity contribution in [2.45, 2.75) is 45.9 Å². The van der Waals surface area contributed by atoms with E-state index in [9.17, 15) is 9.59 Å². The lowest BCUT2D eigenvalue weighted by Crippen LogP contribution is -2.54. The molecule has 194 valence electrons. The van der Waals surface area contributed by atoms with E-state index in [1.165, 1.54) is 0 Å². The molecule has 0 saturated carbocycles. The summed E-state index contributed by atoms with van der Waals surface area (Å²) >= 11 is 1.64. The number of methoxy groups -OCH3 is 2. The van der Waals surface area contributed by atoms with Crippen molar-refractivity contribution in [3.05, 3.63) is 45.7 Å². The van der Waals surface area contributed by atoms with Gasteiger partial charge in [0, 0.05) is 60.6 Å². The average molecular weight is 514 g/mol. The molecule has 1 fully saturated rings. The number of aryl methyl sites for hydroxylation is 1. The molecule has 36 heavy (non-hydrogen) atoms. The summed E-state index contributed by atoms with van der Waals surface area (Å²) in [5, 5.41) is 0.713. The Kier molecular flexibility index (Phi) is 7.33. The van der Waals surface area contributed by atoms with E-state index in [0.717, 1.165) is 40.3 Å². The number of aromatic nitrogens is 1. The number of rotatable bonds is 5. The van der Waals surface area contributed by atoms with Gasteiger partial charge in [0.15, 0.2) is 11.5 Å². The third kappa shape index (κ3) is 5.37. The molecular weight excluding hydrogens is 478 g/mol. The van der Waals surface area contributed by atoms with Gasteiger partial charge in [0.25, 0.3) is 5.56 Å². The molecule has 1 aliphatic rings. The number of thiophene rings is 1. The molecule has 0 N–H and O–H groups in total. The predicted octanol–water partition coefficient (Wildman–Crippen LogP) is 4.73. The van der Waals surface area contributed by atoms with E-state index in [1.807, 2.05) is 58.2 Å². The summed E-state index contributed by atoms with van der Waals surface area (Å²) in [4.78, 5) is 30.8. The van der Waals surface area contributed by atoms with Crippen LogP contribution in [0, 0.1) is 0 Å². The van der Waals surface area contributed by atoms with Crippen LogP contribution in [0.3, 0.4) is 0 Å². The van der Waals surface area contributed by atoms with Gasteiger partial charge >= 0.3 is 6.09 Å². The third-order valence-electron chi connectivity index (χ3n) is 6.31. The first-order valence-electron chi connectivity index (χ1n) is 12.1. The van der Waals surface area contributed by atoms with Gasteiger partial charge in [0.1, 0.15) is 5.60 Å². The van der Waals surface area contributed by atoms with E-state index in [0.29, 0.717) is 23.4 Å². The fraction of sp³-hybridized carbons (Fsp3) is 0.481. The van der Waals surface area contributed by atoms with Crippen molar-refractivity contribution in [1.29, 1.82) is 0 Å². The Morgan fingerprint density at radius 3 is 2.47 bits per heavy atom. The van der Waals surface area contributed by atoms with Gasteiger partial charge in [-0.1, -0.05) is 6.07 Å². The van der Waals surface area contributed by atoms with Crippen LogP contribution in [0.5, 0.6) is 11.5 Å². The molecule has 1 amide bonds. The first kappa shape index (κ1) is 26.0. The van der Waals surface area contributed by atoms with E-state index >= 15 is 0 Å².